The van der Waals surface area contributed by atoms with Crippen LogP contribution in [0.4, 0.5) is 5.69 Å². The molecule has 7 heteroatoms. The summed E-state index contributed by atoms with van der Waals surface area (Å²) in [5, 5.41) is 5.13. The van der Waals surface area contributed by atoms with Gasteiger partial charge in [-0.2, -0.15) is 0 Å². The molecule has 1 unspecified atom stereocenters. The predicted molar refractivity (Wildman–Crippen MR) is 70.9 cm³/mol. The SMILES string of the molecule is CC(Sc1c(=O)o[nH][n+]1C)C(=O)Nc1ccccc1. The highest BCUT2D eigenvalue weighted by molar-refractivity contribution is 8.00. The van der Waals surface area contributed by atoms with E-state index in [9.17, 15) is 9.59 Å². The van der Waals surface area contributed by atoms with Crippen LogP contribution in [0.5, 0.6) is 0 Å². The Morgan fingerprint density at radius 2 is 2.11 bits per heavy atom. The smallest absolute Gasteiger partial charge is 0.325 e. The molecule has 0 radical (unpaired) electrons. The summed E-state index contributed by atoms with van der Waals surface area (Å²) in [7, 11) is 1.65. The van der Waals surface area contributed by atoms with Crippen LogP contribution in [-0.4, -0.2) is 16.4 Å². The Kier molecular flexibility index (Phi) is 4.06. The second-order valence-electron chi connectivity index (χ2n) is 3.96. The lowest BCUT2D eigenvalue weighted by Gasteiger charge is -2.08. The molecule has 0 fully saturated rings. The average Bonchev–Trinajstić information content (AvgIpc) is 2.71. The molecule has 2 aromatic rings. The molecule has 1 amide bonds. The fourth-order valence-electron chi connectivity index (χ4n) is 1.45. The van der Waals surface area contributed by atoms with Gasteiger partial charge in [-0.1, -0.05) is 22.9 Å². The van der Waals surface area contributed by atoms with Crippen molar-refractivity contribution in [2.45, 2.75) is 17.2 Å². The van der Waals surface area contributed by atoms with E-state index in [1.54, 1.807) is 26.1 Å². The Hall–Kier alpha value is -2.02. The first-order valence-corrected chi connectivity index (χ1v) is 6.56. The number of amides is 1. The van der Waals surface area contributed by atoms with Gasteiger partial charge in [0.25, 0.3) is 0 Å². The number of nitrogens with zero attached hydrogens (tertiary/aromatic N) is 1. The van der Waals surface area contributed by atoms with E-state index >= 15 is 0 Å². The number of thioether (sulfide) groups is 1. The van der Waals surface area contributed by atoms with E-state index in [4.69, 9.17) is 0 Å². The van der Waals surface area contributed by atoms with Crippen LogP contribution in [-0.2, 0) is 11.8 Å². The number of aromatic amines is 1. The summed E-state index contributed by atoms with van der Waals surface area (Å²) >= 11 is 1.14. The van der Waals surface area contributed by atoms with Gasteiger partial charge in [-0.25, -0.2) is 4.79 Å². The lowest BCUT2D eigenvalue weighted by molar-refractivity contribution is -0.772. The van der Waals surface area contributed by atoms with Crippen LogP contribution in [0.25, 0.3) is 0 Å². The van der Waals surface area contributed by atoms with Gasteiger partial charge in [0.2, 0.25) is 5.91 Å². The van der Waals surface area contributed by atoms with E-state index in [0.717, 1.165) is 17.4 Å². The van der Waals surface area contributed by atoms with Gasteiger partial charge in [0.05, 0.1) is 5.25 Å². The monoisotopic (exact) mass is 280 g/mol. The highest BCUT2D eigenvalue weighted by Crippen LogP contribution is 2.18. The summed E-state index contributed by atoms with van der Waals surface area (Å²) in [6.07, 6.45) is 0. The van der Waals surface area contributed by atoms with Gasteiger partial charge in [0.1, 0.15) is 0 Å². The molecule has 0 aliphatic heterocycles. The van der Waals surface area contributed by atoms with Crippen molar-refractivity contribution < 1.29 is 14.0 Å². The van der Waals surface area contributed by atoms with Crippen molar-refractivity contribution in [2.75, 3.05) is 5.32 Å². The lowest BCUT2D eigenvalue weighted by Crippen LogP contribution is -2.35. The maximum atomic E-state index is 12.0. The second-order valence-corrected chi connectivity index (χ2v) is 5.29. The van der Waals surface area contributed by atoms with E-state index in [1.165, 1.54) is 4.68 Å². The normalized spacial score (nSPS) is 12.1. The number of rotatable bonds is 4. The van der Waals surface area contributed by atoms with Gasteiger partial charge in [-0.3, -0.25) is 9.32 Å². The minimum absolute atomic E-state index is 0.170. The first-order valence-electron chi connectivity index (χ1n) is 5.68. The van der Waals surface area contributed by atoms with Crippen LogP contribution in [0.15, 0.2) is 44.7 Å². The van der Waals surface area contributed by atoms with E-state index in [-0.39, 0.29) is 5.91 Å². The van der Waals surface area contributed by atoms with Crippen LogP contribution in [0.1, 0.15) is 6.92 Å². The second kappa shape index (κ2) is 5.75. The number of nitrogens with one attached hydrogen (secondary N) is 2. The number of para-hydroxylation sites is 1. The number of hydrogen-bond donors (Lipinski definition) is 2. The first kappa shape index (κ1) is 13.4. The van der Waals surface area contributed by atoms with Gasteiger partial charge in [-0.05, 0) is 36.1 Å². The number of carbonyl (C=O) groups excluding carboxylic acids is 1. The largest absolute Gasteiger partial charge is 0.441 e. The standard InChI is InChI=1S/C12H13N3O3S/c1-8(19-11-12(17)18-14-15(11)2)10(16)13-9-6-4-3-5-7-9/h3-8H,1-2H3,(H-,13,14,16,17)/p+1. The van der Waals surface area contributed by atoms with Gasteiger partial charge < -0.3 is 5.32 Å². The molecule has 0 saturated heterocycles. The zero-order valence-electron chi connectivity index (χ0n) is 10.5. The molecule has 19 heavy (non-hydrogen) atoms. The molecule has 0 bridgehead atoms. The number of aromatic nitrogens is 2. The third-order valence-corrected chi connectivity index (χ3v) is 3.68. The molecule has 2 N–H and O–H groups in total. The van der Waals surface area contributed by atoms with Crippen molar-refractivity contribution in [3.05, 3.63) is 40.8 Å². The zero-order valence-corrected chi connectivity index (χ0v) is 11.4. The van der Waals surface area contributed by atoms with Crippen LogP contribution < -0.4 is 15.6 Å². The van der Waals surface area contributed by atoms with Crippen molar-refractivity contribution in [2.24, 2.45) is 7.05 Å². The summed E-state index contributed by atoms with van der Waals surface area (Å²) in [6, 6.07) is 9.17. The van der Waals surface area contributed by atoms with E-state index in [2.05, 4.69) is 15.1 Å². The minimum atomic E-state index is -0.480. The Balaban J connectivity index is 2.02. The number of anilines is 1. The molecule has 0 aliphatic carbocycles. The predicted octanol–water partition coefficient (Wildman–Crippen LogP) is 0.912. The van der Waals surface area contributed by atoms with Crippen molar-refractivity contribution in [3.63, 3.8) is 0 Å². The van der Waals surface area contributed by atoms with Crippen molar-refractivity contribution >= 4 is 23.4 Å². The average molecular weight is 280 g/mol. The van der Waals surface area contributed by atoms with Gasteiger partial charge in [0.15, 0.2) is 7.05 Å². The quantitative estimate of drug-likeness (QED) is 0.644. The maximum Gasteiger partial charge on any atom is 0.441 e. The van der Waals surface area contributed by atoms with E-state index < -0.39 is 10.9 Å². The number of carbonyl (C=O) groups is 1. The molecule has 0 saturated carbocycles. The van der Waals surface area contributed by atoms with Crippen molar-refractivity contribution in [1.82, 2.24) is 5.27 Å². The third-order valence-electron chi connectivity index (χ3n) is 2.45. The van der Waals surface area contributed by atoms with Crippen LogP contribution in [0.3, 0.4) is 0 Å². The summed E-state index contributed by atoms with van der Waals surface area (Å²) in [4.78, 5) is 23.4. The zero-order chi connectivity index (χ0) is 13.8. The van der Waals surface area contributed by atoms with Crippen molar-refractivity contribution in [1.29, 1.82) is 0 Å². The molecule has 1 aromatic heterocycles. The number of aryl methyl sites for hydroxylation is 1. The van der Waals surface area contributed by atoms with Gasteiger partial charge in [-0.15, -0.1) is 0 Å². The Bertz CT molecular complexity index is 621. The molecule has 1 atom stereocenters. The molecular formula is C12H14N3O3S+. The fraction of sp³-hybridized carbons (Fsp3) is 0.250. The van der Waals surface area contributed by atoms with Crippen LogP contribution in [0.2, 0.25) is 0 Å². The Labute approximate surface area is 113 Å². The lowest BCUT2D eigenvalue weighted by atomic mass is 10.3. The number of hydrogen-bond acceptors (Lipinski definition) is 4. The van der Waals surface area contributed by atoms with Crippen LogP contribution in [0, 0.1) is 0 Å². The van der Waals surface area contributed by atoms with Gasteiger partial charge >= 0.3 is 10.7 Å². The third kappa shape index (κ3) is 3.25. The molecule has 2 rings (SSSR count). The number of H-pyrrole nitrogens is 1. The van der Waals surface area contributed by atoms with E-state index in [0.29, 0.717) is 5.03 Å². The minimum Gasteiger partial charge on any atom is -0.325 e. The molecule has 0 aliphatic rings. The first-order chi connectivity index (χ1) is 9.08. The molecular weight excluding hydrogens is 266 g/mol. The Morgan fingerprint density at radius 3 is 2.68 bits per heavy atom. The highest BCUT2D eigenvalue weighted by Gasteiger charge is 2.25. The van der Waals surface area contributed by atoms with E-state index in [1.807, 2.05) is 18.2 Å². The fourth-order valence-corrected chi connectivity index (χ4v) is 2.28. The summed E-state index contributed by atoms with van der Waals surface area (Å²) in [5.74, 6) is -0.170. The highest BCUT2D eigenvalue weighted by atomic mass is 32.2. The van der Waals surface area contributed by atoms with Crippen molar-refractivity contribution in [3.8, 4) is 0 Å². The Morgan fingerprint density at radius 1 is 1.42 bits per heavy atom. The van der Waals surface area contributed by atoms with Gasteiger partial charge in [0, 0.05) is 5.69 Å². The molecule has 0 spiro atoms. The summed E-state index contributed by atoms with van der Waals surface area (Å²) in [6.45, 7) is 1.73. The molecule has 100 valence electrons. The maximum absolute atomic E-state index is 12.0. The molecule has 6 nitrogen and oxygen atoms in total. The number of benzene rings is 1. The summed E-state index contributed by atoms with van der Waals surface area (Å²) < 4.78 is 6.07. The van der Waals surface area contributed by atoms with Crippen LogP contribution >= 0.6 is 11.8 Å². The molecule has 1 aromatic carbocycles. The topological polar surface area (TPSA) is 79.0 Å². The molecule has 1 heterocycles. The summed E-state index contributed by atoms with van der Waals surface area (Å²) in [5.41, 5.74) is 0.247.